The summed E-state index contributed by atoms with van der Waals surface area (Å²) in [5, 5.41) is 3.32. The van der Waals surface area contributed by atoms with Crippen molar-refractivity contribution >= 4 is 16.8 Å². The summed E-state index contributed by atoms with van der Waals surface area (Å²) in [7, 11) is 0. The molecule has 2 aromatic rings. The molecule has 4 nitrogen and oxygen atoms in total. The number of oxazole rings is 1. The predicted molar refractivity (Wildman–Crippen MR) is 60.8 cm³/mol. The average molecular weight is 205 g/mol. The highest BCUT2D eigenvalue weighted by molar-refractivity contribution is 5.76. The molecule has 1 heterocycles. The van der Waals surface area contributed by atoms with Gasteiger partial charge in [0.2, 0.25) is 0 Å². The van der Waals surface area contributed by atoms with Crippen molar-refractivity contribution in [3.05, 3.63) is 24.6 Å². The Labute approximate surface area is 88.5 Å². The molecule has 0 spiro atoms. The Balaban J connectivity index is 1.96. The number of aromatic nitrogens is 1. The van der Waals surface area contributed by atoms with E-state index in [1.54, 1.807) is 0 Å². The third kappa shape index (κ3) is 2.47. The lowest BCUT2D eigenvalue weighted by Crippen LogP contribution is -2.05. The second kappa shape index (κ2) is 4.79. The van der Waals surface area contributed by atoms with Crippen molar-refractivity contribution in [3.8, 4) is 0 Å². The molecule has 1 aromatic carbocycles. The fourth-order valence-corrected chi connectivity index (χ4v) is 1.47. The van der Waals surface area contributed by atoms with Crippen molar-refractivity contribution < 1.29 is 4.42 Å². The summed E-state index contributed by atoms with van der Waals surface area (Å²) in [4.78, 5) is 4.06. The largest absolute Gasteiger partial charge is 0.443 e. The van der Waals surface area contributed by atoms with Gasteiger partial charge in [0, 0.05) is 18.3 Å². The zero-order valence-corrected chi connectivity index (χ0v) is 8.57. The average Bonchev–Trinajstić information content (AvgIpc) is 2.71. The summed E-state index contributed by atoms with van der Waals surface area (Å²) in [6.07, 6.45) is 3.60. The molecule has 4 heteroatoms. The number of anilines is 1. The van der Waals surface area contributed by atoms with Crippen molar-refractivity contribution in [2.45, 2.75) is 12.8 Å². The van der Waals surface area contributed by atoms with E-state index in [1.165, 1.54) is 6.39 Å². The van der Waals surface area contributed by atoms with Crippen LogP contribution in [0.4, 0.5) is 5.69 Å². The highest BCUT2D eigenvalue weighted by Crippen LogP contribution is 2.17. The van der Waals surface area contributed by atoms with Crippen LogP contribution in [-0.4, -0.2) is 18.1 Å². The molecule has 0 aliphatic heterocycles. The Kier molecular flexibility index (Phi) is 3.19. The molecule has 15 heavy (non-hydrogen) atoms. The molecule has 1 aromatic heterocycles. The molecule has 0 bridgehead atoms. The van der Waals surface area contributed by atoms with Crippen LogP contribution in [0.15, 0.2) is 29.0 Å². The van der Waals surface area contributed by atoms with Crippen LogP contribution < -0.4 is 11.1 Å². The van der Waals surface area contributed by atoms with Crippen molar-refractivity contribution in [3.63, 3.8) is 0 Å². The van der Waals surface area contributed by atoms with Crippen molar-refractivity contribution in [1.82, 2.24) is 4.98 Å². The van der Waals surface area contributed by atoms with Gasteiger partial charge in [-0.05, 0) is 31.5 Å². The van der Waals surface area contributed by atoms with Crippen LogP contribution in [0.5, 0.6) is 0 Å². The van der Waals surface area contributed by atoms with Gasteiger partial charge < -0.3 is 15.5 Å². The van der Waals surface area contributed by atoms with Crippen LogP contribution >= 0.6 is 0 Å². The number of rotatable bonds is 5. The maximum Gasteiger partial charge on any atom is 0.181 e. The Morgan fingerprint density at radius 3 is 3.13 bits per heavy atom. The third-order valence-corrected chi connectivity index (χ3v) is 2.29. The zero-order chi connectivity index (χ0) is 10.5. The molecule has 0 saturated carbocycles. The van der Waals surface area contributed by atoms with Gasteiger partial charge in [0.25, 0.3) is 0 Å². The van der Waals surface area contributed by atoms with Crippen LogP contribution in [0.25, 0.3) is 11.1 Å². The molecule has 0 atom stereocenters. The van der Waals surface area contributed by atoms with Gasteiger partial charge >= 0.3 is 0 Å². The van der Waals surface area contributed by atoms with Crippen LogP contribution in [-0.2, 0) is 0 Å². The number of fused-ring (bicyclic) bond motifs is 1. The minimum Gasteiger partial charge on any atom is -0.443 e. The van der Waals surface area contributed by atoms with Crippen LogP contribution in [0.3, 0.4) is 0 Å². The van der Waals surface area contributed by atoms with Gasteiger partial charge in [-0.3, -0.25) is 0 Å². The molecule has 0 radical (unpaired) electrons. The highest BCUT2D eigenvalue weighted by Gasteiger charge is 1.99. The van der Waals surface area contributed by atoms with E-state index in [4.69, 9.17) is 10.2 Å². The first-order valence-corrected chi connectivity index (χ1v) is 5.17. The number of unbranched alkanes of at least 4 members (excludes halogenated alkanes) is 1. The lowest BCUT2D eigenvalue weighted by atomic mass is 10.2. The van der Waals surface area contributed by atoms with E-state index in [0.29, 0.717) is 0 Å². The summed E-state index contributed by atoms with van der Waals surface area (Å²) in [6.45, 7) is 1.69. The fraction of sp³-hybridized carbons (Fsp3) is 0.364. The predicted octanol–water partition coefficient (Wildman–Crippen LogP) is 1.98. The van der Waals surface area contributed by atoms with Gasteiger partial charge in [-0.15, -0.1) is 0 Å². The molecule has 80 valence electrons. The number of hydrogen-bond donors (Lipinski definition) is 2. The smallest absolute Gasteiger partial charge is 0.181 e. The molecule has 2 rings (SSSR count). The molecular formula is C11H15N3O. The maximum atomic E-state index is 5.42. The Bertz CT molecular complexity index is 424. The maximum absolute atomic E-state index is 5.42. The summed E-state index contributed by atoms with van der Waals surface area (Å²) in [5.41, 5.74) is 8.19. The number of nitrogens with one attached hydrogen (secondary N) is 1. The number of nitrogens with two attached hydrogens (primary N) is 1. The summed E-state index contributed by atoms with van der Waals surface area (Å²) < 4.78 is 5.21. The van der Waals surface area contributed by atoms with E-state index in [0.717, 1.165) is 42.7 Å². The molecule has 0 aliphatic carbocycles. The number of hydrogen-bond acceptors (Lipinski definition) is 4. The first-order valence-electron chi connectivity index (χ1n) is 5.17. The van der Waals surface area contributed by atoms with Gasteiger partial charge in [0.1, 0.15) is 5.52 Å². The fourth-order valence-electron chi connectivity index (χ4n) is 1.47. The Morgan fingerprint density at radius 1 is 1.33 bits per heavy atom. The van der Waals surface area contributed by atoms with E-state index in [2.05, 4.69) is 10.3 Å². The third-order valence-electron chi connectivity index (χ3n) is 2.29. The van der Waals surface area contributed by atoms with Gasteiger partial charge in [0.05, 0.1) is 0 Å². The highest BCUT2D eigenvalue weighted by atomic mass is 16.3. The Morgan fingerprint density at radius 2 is 2.27 bits per heavy atom. The molecule has 0 unspecified atom stereocenters. The zero-order valence-electron chi connectivity index (χ0n) is 8.57. The van der Waals surface area contributed by atoms with E-state index in [-0.39, 0.29) is 0 Å². The molecule has 0 saturated heterocycles. The second-order valence-corrected chi connectivity index (χ2v) is 3.46. The van der Waals surface area contributed by atoms with Crippen LogP contribution in [0, 0.1) is 0 Å². The standard InChI is InChI=1S/C11H15N3O/c12-5-1-2-6-13-9-3-4-10-11(7-9)15-8-14-10/h3-4,7-8,13H,1-2,5-6,12H2. The Hall–Kier alpha value is -1.55. The van der Waals surface area contributed by atoms with E-state index >= 15 is 0 Å². The second-order valence-electron chi connectivity index (χ2n) is 3.46. The monoisotopic (exact) mass is 205 g/mol. The summed E-state index contributed by atoms with van der Waals surface area (Å²) >= 11 is 0. The van der Waals surface area contributed by atoms with Crippen molar-refractivity contribution in [2.75, 3.05) is 18.4 Å². The minimum atomic E-state index is 0.753. The number of benzene rings is 1. The topological polar surface area (TPSA) is 64.1 Å². The van der Waals surface area contributed by atoms with Gasteiger partial charge in [-0.2, -0.15) is 0 Å². The molecule has 0 fully saturated rings. The van der Waals surface area contributed by atoms with Gasteiger partial charge in [0.15, 0.2) is 12.0 Å². The van der Waals surface area contributed by atoms with Gasteiger partial charge in [-0.25, -0.2) is 4.98 Å². The SMILES string of the molecule is NCCCCNc1ccc2ncoc2c1. The van der Waals surface area contributed by atoms with Crippen molar-refractivity contribution in [2.24, 2.45) is 5.73 Å². The summed E-state index contributed by atoms with van der Waals surface area (Å²) in [5.74, 6) is 0. The molecule has 0 amide bonds. The minimum absolute atomic E-state index is 0.753. The summed E-state index contributed by atoms with van der Waals surface area (Å²) in [6, 6.07) is 5.92. The quantitative estimate of drug-likeness (QED) is 0.732. The first kappa shape index (κ1) is 9.98. The normalized spacial score (nSPS) is 10.7. The van der Waals surface area contributed by atoms with E-state index < -0.39 is 0 Å². The number of nitrogens with zero attached hydrogens (tertiary/aromatic N) is 1. The molecule has 3 N–H and O–H groups in total. The lowest BCUT2D eigenvalue weighted by molar-refractivity contribution is 0.602. The van der Waals surface area contributed by atoms with Crippen LogP contribution in [0.2, 0.25) is 0 Å². The van der Waals surface area contributed by atoms with Crippen LogP contribution in [0.1, 0.15) is 12.8 Å². The van der Waals surface area contributed by atoms with E-state index in [1.807, 2.05) is 18.2 Å². The van der Waals surface area contributed by atoms with Gasteiger partial charge in [-0.1, -0.05) is 0 Å². The first-order chi connectivity index (χ1) is 7.40. The lowest BCUT2D eigenvalue weighted by Gasteiger charge is -2.04. The van der Waals surface area contributed by atoms with Crippen molar-refractivity contribution in [1.29, 1.82) is 0 Å². The van der Waals surface area contributed by atoms with E-state index in [9.17, 15) is 0 Å². The molecule has 0 aliphatic rings. The molecular weight excluding hydrogens is 190 g/mol.